The van der Waals surface area contributed by atoms with E-state index in [2.05, 4.69) is 9.97 Å². The van der Waals surface area contributed by atoms with Crippen molar-refractivity contribution in [3.63, 3.8) is 0 Å². The predicted octanol–water partition coefficient (Wildman–Crippen LogP) is 1.50. The molecule has 4 nitrogen and oxygen atoms in total. The summed E-state index contributed by atoms with van der Waals surface area (Å²) in [6.07, 6.45) is -1.29. The van der Waals surface area contributed by atoms with Crippen LogP contribution in [0.1, 0.15) is 5.56 Å². The lowest BCUT2D eigenvalue weighted by atomic mass is 10.3. The van der Waals surface area contributed by atoms with E-state index < -0.39 is 13.0 Å². The van der Waals surface area contributed by atoms with Gasteiger partial charge in [-0.25, -0.2) is 18.7 Å². The van der Waals surface area contributed by atoms with Gasteiger partial charge in [0.2, 0.25) is 0 Å². The maximum absolute atomic E-state index is 12.3. The maximum Gasteiger partial charge on any atom is 0.255 e. The Balaban J connectivity index is 2.96. The molecule has 0 spiro atoms. The van der Waals surface area contributed by atoms with Crippen LogP contribution in [0.4, 0.5) is 14.6 Å². The molecule has 0 saturated carbocycles. The number of halogens is 3. The Bertz CT molecular complexity index is 352. The smallest absolute Gasteiger partial charge is 0.255 e. The average Bonchev–Trinajstić information content (AvgIpc) is 2.21. The normalized spacial score (nSPS) is 10.9. The number of aliphatic hydroxyl groups excluding tert-OH is 1. The highest BCUT2D eigenvalue weighted by Crippen LogP contribution is 2.22. The Morgan fingerprint density at radius 1 is 1.50 bits per heavy atom. The maximum atomic E-state index is 12.3. The zero-order valence-corrected chi connectivity index (χ0v) is 9.45. The van der Waals surface area contributed by atoms with Crippen LogP contribution in [0.15, 0.2) is 6.33 Å². The Morgan fingerprint density at radius 3 is 2.75 bits per heavy atom. The van der Waals surface area contributed by atoms with Gasteiger partial charge < -0.3 is 10.0 Å². The van der Waals surface area contributed by atoms with Crippen molar-refractivity contribution >= 4 is 17.4 Å². The molecular formula is C9H12ClF2N3O. The van der Waals surface area contributed by atoms with Crippen LogP contribution in [-0.2, 0) is 0 Å². The van der Waals surface area contributed by atoms with Gasteiger partial charge in [0.1, 0.15) is 17.3 Å². The van der Waals surface area contributed by atoms with Crippen molar-refractivity contribution in [2.45, 2.75) is 13.3 Å². The lowest BCUT2D eigenvalue weighted by Crippen LogP contribution is -2.33. The van der Waals surface area contributed by atoms with E-state index in [0.29, 0.717) is 11.4 Å². The Labute approximate surface area is 96.9 Å². The van der Waals surface area contributed by atoms with E-state index in [1.165, 1.54) is 11.2 Å². The van der Waals surface area contributed by atoms with Crippen LogP contribution >= 0.6 is 11.6 Å². The van der Waals surface area contributed by atoms with Gasteiger partial charge >= 0.3 is 0 Å². The molecule has 90 valence electrons. The van der Waals surface area contributed by atoms with Crippen molar-refractivity contribution in [2.75, 3.05) is 24.6 Å². The fourth-order valence-electron chi connectivity index (χ4n) is 1.31. The fraction of sp³-hybridized carbons (Fsp3) is 0.556. The first-order chi connectivity index (χ1) is 7.56. The number of aromatic nitrogens is 2. The van der Waals surface area contributed by atoms with Crippen LogP contribution in [0.2, 0.25) is 5.15 Å². The Hall–Kier alpha value is -1.01. The van der Waals surface area contributed by atoms with Crippen LogP contribution in [-0.4, -0.2) is 41.2 Å². The summed E-state index contributed by atoms with van der Waals surface area (Å²) < 4.78 is 24.7. The van der Waals surface area contributed by atoms with E-state index in [9.17, 15) is 8.78 Å². The number of nitrogens with zero attached hydrogens (tertiary/aromatic N) is 3. The molecular weight excluding hydrogens is 240 g/mol. The SMILES string of the molecule is Cc1c(Cl)ncnc1N(CCO)CC(F)F. The van der Waals surface area contributed by atoms with Crippen molar-refractivity contribution in [2.24, 2.45) is 0 Å². The van der Waals surface area contributed by atoms with Crippen molar-refractivity contribution in [3.05, 3.63) is 17.0 Å². The molecule has 0 aliphatic heterocycles. The van der Waals surface area contributed by atoms with Gasteiger partial charge in [-0.1, -0.05) is 11.6 Å². The monoisotopic (exact) mass is 251 g/mol. The standard InChI is InChI=1S/C9H12ClF2N3O/c1-6-8(10)13-5-14-9(6)15(2-3-16)4-7(11)12/h5,7,16H,2-4H2,1H3. The van der Waals surface area contributed by atoms with Crippen molar-refractivity contribution in [3.8, 4) is 0 Å². The molecule has 0 bridgehead atoms. The molecule has 0 unspecified atom stereocenters. The first-order valence-corrected chi connectivity index (χ1v) is 5.05. The third kappa shape index (κ3) is 3.24. The largest absolute Gasteiger partial charge is 0.395 e. The number of alkyl halides is 2. The molecule has 0 amide bonds. The molecule has 7 heteroatoms. The summed E-state index contributed by atoms with van der Waals surface area (Å²) in [5, 5.41) is 9.03. The van der Waals surface area contributed by atoms with Crippen molar-refractivity contribution in [1.82, 2.24) is 9.97 Å². The summed E-state index contributed by atoms with van der Waals surface area (Å²) in [4.78, 5) is 8.92. The van der Waals surface area contributed by atoms with E-state index in [1.807, 2.05) is 0 Å². The summed E-state index contributed by atoms with van der Waals surface area (Å²) in [5.41, 5.74) is 0.526. The molecule has 1 rings (SSSR count). The van der Waals surface area contributed by atoms with E-state index in [4.69, 9.17) is 16.7 Å². The van der Waals surface area contributed by atoms with E-state index in [-0.39, 0.29) is 18.3 Å². The highest BCUT2D eigenvalue weighted by atomic mass is 35.5. The first-order valence-electron chi connectivity index (χ1n) is 4.67. The second-order valence-electron chi connectivity index (χ2n) is 3.17. The second kappa shape index (κ2) is 5.91. The van der Waals surface area contributed by atoms with Gasteiger partial charge in [0.25, 0.3) is 6.43 Å². The van der Waals surface area contributed by atoms with Gasteiger partial charge in [-0.15, -0.1) is 0 Å². The zero-order valence-electron chi connectivity index (χ0n) is 8.70. The molecule has 1 heterocycles. The van der Waals surface area contributed by atoms with Gasteiger partial charge in [0.15, 0.2) is 0 Å². The fourth-order valence-corrected chi connectivity index (χ4v) is 1.44. The summed E-state index contributed by atoms with van der Waals surface area (Å²) >= 11 is 5.77. The highest BCUT2D eigenvalue weighted by Gasteiger charge is 2.17. The van der Waals surface area contributed by atoms with Crippen LogP contribution in [0, 0.1) is 6.92 Å². The van der Waals surface area contributed by atoms with Crippen LogP contribution in [0.3, 0.4) is 0 Å². The molecule has 16 heavy (non-hydrogen) atoms. The van der Waals surface area contributed by atoms with Gasteiger partial charge in [0.05, 0.1) is 13.2 Å². The molecule has 0 aromatic carbocycles. The minimum absolute atomic E-state index is 0.0819. The van der Waals surface area contributed by atoms with Gasteiger partial charge in [0, 0.05) is 12.1 Å². The topological polar surface area (TPSA) is 49.2 Å². The van der Waals surface area contributed by atoms with Gasteiger partial charge in [-0.3, -0.25) is 0 Å². The van der Waals surface area contributed by atoms with Crippen molar-refractivity contribution in [1.29, 1.82) is 0 Å². The number of hydrogen-bond donors (Lipinski definition) is 1. The first kappa shape index (κ1) is 13.1. The van der Waals surface area contributed by atoms with E-state index >= 15 is 0 Å². The third-order valence-electron chi connectivity index (χ3n) is 2.02. The quantitative estimate of drug-likeness (QED) is 0.806. The zero-order chi connectivity index (χ0) is 12.1. The van der Waals surface area contributed by atoms with Gasteiger partial charge in [-0.2, -0.15) is 0 Å². The van der Waals surface area contributed by atoms with Crippen LogP contribution in [0.25, 0.3) is 0 Å². The molecule has 1 aromatic heterocycles. The predicted molar refractivity (Wildman–Crippen MR) is 57.1 cm³/mol. The van der Waals surface area contributed by atoms with Crippen LogP contribution < -0.4 is 4.90 Å². The number of aliphatic hydroxyl groups is 1. The van der Waals surface area contributed by atoms with E-state index in [0.717, 1.165) is 0 Å². The average molecular weight is 252 g/mol. The molecule has 1 aromatic rings. The minimum atomic E-state index is -2.50. The number of anilines is 1. The number of rotatable bonds is 5. The molecule has 0 fully saturated rings. The summed E-state index contributed by atoms with van der Waals surface area (Å²) in [7, 11) is 0. The molecule has 0 saturated heterocycles. The van der Waals surface area contributed by atoms with Crippen molar-refractivity contribution < 1.29 is 13.9 Å². The minimum Gasteiger partial charge on any atom is -0.395 e. The molecule has 1 N–H and O–H groups in total. The Morgan fingerprint density at radius 2 is 2.19 bits per heavy atom. The van der Waals surface area contributed by atoms with E-state index in [1.54, 1.807) is 6.92 Å². The van der Waals surface area contributed by atoms with Crippen LogP contribution in [0.5, 0.6) is 0 Å². The second-order valence-corrected chi connectivity index (χ2v) is 3.53. The summed E-state index contributed by atoms with van der Waals surface area (Å²) in [5.74, 6) is 0.328. The molecule has 0 aliphatic rings. The van der Waals surface area contributed by atoms with Gasteiger partial charge in [-0.05, 0) is 6.92 Å². The Kier molecular flexibility index (Phi) is 4.82. The summed E-state index contributed by atoms with van der Waals surface area (Å²) in [6.45, 7) is 1.01. The highest BCUT2D eigenvalue weighted by molar-refractivity contribution is 6.30. The number of hydrogen-bond acceptors (Lipinski definition) is 4. The lowest BCUT2D eigenvalue weighted by molar-refractivity contribution is 0.152. The third-order valence-corrected chi connectivity index (χ3v) is 2.40. The molecule has 0 aliphatic carbocycles. The summed E-state index contributed by atoms with van der Waals surface area (Å²) in [6, 6.07) is 0. The molecule has 0 radical (unpaired) electrons. The molecule has 0 atom stereocenters. The lowest BCUT2D eigenvalue weighted by Gasteiger charge is -2.23.